The number of H-pyrrole nitrogens is 1. The van der Waals surface area contributed by atoms with Crippen molar-refractivity contribution >= 4 is 28.3 Å². The van der Waals surface area contributed by atoms with Gasteiger partial charge in [-0.15, -0.1) is 11.3 Å². The molecule has 0 bridgehead atoms. The minimum Gasteiger partial charge on any atom is -0.408 e. The van der Waals surface area contributed by atoms with Gasteiger partial charge in [-0.3, -0.25) is 9.78 Å². The Labute approximate surface area is 111 Å². The first-order valence-corrected chi connectivity index (χ1v) is 6.54. The van der Waals surface area contributed by atoms with E-state index in [2.05, 4.69) is 10.3 Å². The Morgan fingerprint density at radius 1 is 1.37 bits per heavy atom. The number of oxazole rings is 1. The second-order valence-corrected chi connectivity index (χ2v) is 4.95. The largest absolute Gasteiger partial charge is 0.417 e. The zero-order valence-corrected chi connectivity index (χ0v) is 10.6. The van der Waals surface area contributed by atoms with E-state index in [4.69, 9.17) is 4.42 Å². The molecule has 0 fully saturated rings. The maximum atomic E-state index is 11.8. The van der Waals surface area contributed by atoms with Crippen LogP contribution in [0, 0.1) is 0 Å². The van der Waals surface area contributed by atoms with E-state index in [-0.39, 0.29) is 5.91 Å². The molecular formula is C13H10N2O3S. The van der Waals surface area contributed by atoms with Crippen LogP contribution >= 0.6 is 11.3 Å². The molecule has 19 heavy (non-hydrogen) atoms. The lowest BCUT2D eigenvalue weighted by atomic mass is 10.2. The first-order chi connectivity index (χ1) is 9.22. The lowest BCUT2D eigenvalue weighted by molar-refractivity contribution is 0.0955. The predicted molar refractivity (Wildman–Crippen MR) is 72.3 cm³/mol. The van der Waals surface area contributed by atoms with Crippen molar-refractivity contribution < 1.29 is 9.21 Å². The van der Waals surface area contributed by atoms with Gasteiger partial charge in [-0.05, 0) is 29.1 Å². The van der Waals surface area contributed by atoms with Gasteiger partial charge in [0.1, 0.15) is 0 Å². The Kier molecular flexibility index (Phi) is 2.92. The van der Waals surface area contributed by atoms with Gasteiger partial charge in [0, 0.05) is 6.54 Å². The number of aromatic nitrogens is 1. The topological polar surface area (TPSA) is 75.1 Å². The number of nitrogens with one attached hydrogen (secondary N) is 2. The molecule has 96 valence electrons. The number of hydrogen-bond donors (Lipinski definition) is 2. The molecule has 0 aliphatic heterocycles. The molecule has 6 heteroatoms. The number of rotatable bonds is 3. The highest BCUT2D eigenvalue weighted by Crippen LogP contribution is 2.13. The van der Waals surface area contributed by atoms with Crippen molar-refractivity contribution in [3.63, 3.8) is 0 Å². The van der Waals surface area contributed by atoms with Gasteiger partial charge in [0.2, 0.25) is 0 Å². The molecule has 2 aromatic heterocycles. The van der Waals surface area contributed by atoms with Gasteiger partial charge in [0.15, 0.2) is 5.58 Å². The summed E-state index contributed by atoms with van der Waals surface area (Å²) in [5, 5.41) is 4.68. The zero-order valence-electron chi connectivity index (χ0n) is 9.80. The fourth-order valence-corrected chi connectivity index (χ4v) is 2.43. The van der Waals surface area contributed by atoms with Crippen molar-refractivity contribution in [3.05, 3.63) is 56.7 Å². The first kappa shape index (κ1) is 11.7. The molecule has 0 saturated carbocycles. The van der Waals surface area contributed by atoms with Gasteiger partial charge in [-0.2, -0.15) is 0 Å². The average Bonchev–Trinajstić information content (AvgIpc) is 3.03. The fourth-order valence-electron chi connectivity index (χ4n) is 1.79. The van der Waals surface area contributed by atoms with E-state index >= 15 is 0 Å². The summed E-state index contributed by atoms with van der Waals surface area (Å²) in [5.74, 6) is -0.578. The summed E-state index contributed by atoms with van der Waals surface area (Å²) in [6, 6.07) is 8.92. The molecule has 2 heterocycles. The number of amides is 1. The van der Waals surface area contributed by atoms with Crippen LogP contribution in [0.3, 0.4) is 0 Å². The van der Waals surface area contributed by atoms with Crippen molar-refractivity contribution in [2.45, 2.75) is 6.54 Å². The Hall–Kier alpha value is -2.34. The van der Waals surface area contributed by atoms with Crippen LogP contribution in [-0.4, -0.2) is 10.9 Å². The number of benzene rings is 1. The first-order valence-electron chi connectivity index (χ1n) is 5.66. The van der Waals surface area contributed by atoms with E-state index in [1.807, 2.05) is 17.5 Å². The number of thiophene rings is 1. The number of carbonyl (C=O) groups excluding carboxylic acids is 1. The smallest absolute Gasteiger partial charge is 0.408 e. The highest BCUT2D eigenvalue weighted by molar-refractivity contribution is 7.12. The van der Waals surface area contributed by atoms with Gasteiger partial charge in [0.05, 0.1) is 10.4 Å². The highest BCUT2D eigenvalue weighted by atomic mass is 32.1. The van der Waals surface area contributed by atoms with Crippen molar-refractivity contribution in [1.29, 1.82) is 0 Å². The fraction of sp³-hybridized carbons (Fsp3) is 0.0769. The van der Waals surface area contributed by atoms with Crippen LogP contribution in [0.25, 0.3) is 11.1 Å². The Balaban J connectivity index is 1.74. The molecule has 5 nitrogen and oxygen atoms in total. The molecule has 0 atom stereocenters. The second kappa shape index (κ2) is 4.74. The van der Waals surface area contributed by atoms with Crippen molar-refractivity contribution in [1.82, 2.24) is 10.3 Å². The summed E-state index contributed by atoms with van der Waals surface area (Å²) in [4.78, 5) is 26.1. The minimum atomic E-state index is -0.477. The summed E-state index contributed by atoms with van der Waals surface area (Å²) < 4.78 is 4.91. The summed E-state index contributed by atoms with van der Waals surface area (Å²) in [7, 11) is 0. The zero-order chi connectivity index (χ0) is 13.2. The van der Waals surface area contributed by atoms with Gasteiger partial charge >= 0.3 is 5.76 Å². The molecule has 2 N–H and O–H groups in total. The van der Waals surface area contributed by atoms with Crippen LogP contribution in [0.15, 0.2) is 44.9 Å². The third-order valence-corrected chi connectivity index (χ3v) is 3.55. The third kappa shape index (κ3) is 2.43. The molecule has 0 unspecified atom stereocenters. The summed E-state index contributed by atoms with van der Waals surface area (Å²) in [6.45, 7) is 0.403. The van der Waals surface area contributed by atoms with Crippen LogP contribution in [0.1, 0.15) is 15.2 Å². The summed E-state index contributed by atoms with van der Waals surface area (Å²) in [6.07, 6.45) is 0. The number of carbonyl (C=O) groups is 1. The lowest BCUT2D eigenvalue weighted by Gasteiger charge is -2.03. The van der Waals surface area contributed by atoms with Crippen molar-refractivity contribution in [2.24, 2.45) is 0 Å². The van der Waals surface area contributed by atoms with E-state index < -0.39 is 5.76 Å². The second-order valence-electron chi connectivity index (χ2n) is 4.01. The summed E-state index contributed by atoms with van der Waals surface area (Å²) >= 11 is 1.40. The van der Waals surface area contributed by atoms with E-state index in [0.29, 0.717) is 22.5 Å². The predicted octanol–water partition coefficient (Wildman–Crippen LogP) is 2.11. The van der Waals surface area contributed by atoms with Crippen LogP contribution in [0.5, 0.6) is 0 Å². The van der Waals surface area contributed by atoms with Crippen LogP contribution < -0.4 is 11.1 Å². The molecule has 1 aromatic carbocycles. The summed E-state index contributed by atoms with van der Waals surface area (Å²) in [5.41, 5.74) is 2.04. The Bertz CT molecular complexity index is 771. The molecule has 0 radical (unpaired) electrons. The van der Waals surface area contributed by atoms with E-state index in [1.165, 1.54) is 11.3 Å². The van der Waals surface area contributed by atoms with Gasteiger partial charge in [0.25, 0.3) is 5.91 Å². The van der Waals surface area contributed by atoms with Crippen LogP contribution in [0.4, 0.5) is 0 Å². The quantitative estimate of drug-likeness (QED) is 0.768. The molecule has 3 rings (SSSR count). The minimum absolute atomic E-state index is 0.101. The standard InChI is InChI=1S/C13H10N2O3S/c16-12(11-2-1-5-19-11)14-7-8-3-4-10-9(6-8)15-13(17)18-10/h1-6H,7H2,(H,14,16)(H,15,17). The average molecular weight is 274 g/mol. The van der Waals surface area contributed by atoms with Crippen LogP contribution in [0.2, 0.25) is 0 Å². The number of aromatic amines is 1. The molecule has 3 aromatic rings. The SMILES string of the molecule is O=C(NCc1ccc2oc(=O)[nH]c2c1)c1cccs1. The normalized spacial score (nSPS) is 10.7. The van der Waals surface area contributed by atoms with Crippen LogP contribution in [-0.2, 0) is 6.54 Å². The maximum Gasteiger partial charge on any atom is 0.417 e. The van der Waals surface area contributed by atoms with E-state index in [9.17, 15) is 9.59 Å². The van der Waals surface area contributed by atoms with E-state index in [1.54, 1.807) is 18.2 Å². The molecule has 0 spiro atoms. The van der Waals surface area contributed by atoms with Gasteiger partial charge in [-0.25, -0.2) is 4.79 Å². The highest BCUT2D eigenvalue weighted by Gasteiger charge is 2.07. The monoisotopic (exact) mass is 274 g/mol. The number of fused-ring (bicyclic) bond motifs is 1. The third-order valence-electron chi connectivity index (χ3n) is 2.68. The van der Waals surface area contributed by atoms with Gasteiger partial charge in [-0.1, -0.05) is 12.1 Å². The molecular weight excluding hydrogens is 264 g/mol. The molecule has 1 amide bonds. The maximum absolute atomic E-state index is 11.8. The van der Waals surface area contributed by atoms with E-state index in [0.717, 1.165) is 5.56 Å². The molecule has 0 aliphatic rings. The Morgan fingerprint density at radius 3 is 3.05 bits per heavy atom. The Morgan fingerprint density at radius 2 is 2.26 bits per heavy atom. The molecule has 0 saturated heterocycles. The lowest BCUT2D eigenvalue weighted by Crippen LogP contribution is -2.21. The molecule has 0 aliphatic carbocycles. The van der Waals surface area contributed by atoms with Gasteiger partial charge < -0.3 is 9.73 Å². The van der Waals surface area contributed by atoms with Crippen molar-refractivity contribution in [3.8, 4) is 0 Å². The number of hydrogen-bond acceptors (Lipinski definition) is 4. The van der Waals surface area contributed by atoms with Crippen molar-refractivity contribution in [2.75, 3.05) is 0 Å².